The molecule has 0 aliphatic carbocycles. The van der Waals surface area contributed by atoms with Gasteiger partial charge in [0.1, 0.15) is 5.76 Å². The SMILES string of the molecule is Cc1occc1SCc1cc([N+](=O)[O-])ccc1NN. The van der Waals surface area contributed by atoms with Crippen LogP contribution < -0.4 is 11.3 Å². The molecule has 3 N–H and O–H groups in total. The molecule has 0 aliphatic heterocycles. The van der Waals surface area contributed by atoms with Crippen LogP contribution >= 0.6 is 11.8 Å². The van der Waals surface area contributed by atoms with Crippen LogP contribution in [0.1, 0.15) is 11.3 Å². The molecule has 0 amide bonds. The van der Waals surface area contributed by atoms with E-state index in [0.29, 0.717) is 11.4 Å². The Bertz CT molecular complexity index is 598. The van der Waals surface area contributed by atoms with Crippen molar-refractivity contribution in [3.05, 3.63) is 52.0 Å². The van der Waals surface area contributed by atoms with E-state index in [1.54, 1.807) is 24.1 Å². The minimum Gasteiger partial charge on any atom is -0.468 e. The summed E-state index contributed by atoms with van der Waals surface area (Å²) >= 11 is 1.54. The number of anilines is 1. The molecule has 2 aromatic rings. The highest BCUT2D eigenvalue weighted by atomic mass is 32.2. The molecule has 1 aromatic carbocycles. The first-order valence-corrected chi connectivity index (χ1v) is 6.51. The van der Waals surface area contributed by atoms with Crippen LogP contribution in [0.5, 0.6) is 0 Å². The van der Waals surface area contributed by atoms with Crippen molar-refractivity contribution in [3.8, 4) is 0 Å². The van der Waals surface area contributed by atoms with Crippen LogP contribution in [-0.2, 0) is 5.75 Å². The fraction of sp³-hybridized carbons (Fsp3) is 0.167. The topological polar surface area (TPSA) is 94.3 Å². The lowest BCUT2D eigenvalue weighted by molar-refractivity contribution is -0.384. The molecule has 0 saturated carbocycles. The first kappa shape index (κ1) is 13.4. The highest BCUT2D eigenvalue weighted by Crippen LogP contribution is 2.31. The number of hydrogen-bond acceptors (Lipinski definition) is 6. The van der Waals surface area contributed by atoms with E-state index in [1.165, 1.54) is 12.1 Å². The zero-order valence-corrected chi connectivity index (χ0v) is 11.1. The van der Waals surface area contributed by atoms with Crippen LogP contribution in [0.4, 0.5) is 11.4 Å². The van der Waals surface area contributed by atoms with Crippen LogP contribution in [0.3, 0.4) is 0 Å². The van der Waals surface area contributed by atoms with Gasteiger partial charge in [-0.3, -0.25) is 16.0 Å². The van der Waals surface area contributed by atoms with Crippen LogP contribution in [0.15, 0.2) is 39.8 Å². The van der Waals surface area contributed by atoms with E-state index in [0.717, 1.165) is 16.2 Å². The average molecular weight is 279 g/mol. The molecule has 0 unspecified atom stereocenters. The molecule has 1 aromatic heterocycles. The molecule has 0 saturated heterocycles. The lowest BCUT2D eigenvalue weighted by Crippen LogP contribution is -2.09. The van der Waals surface area contributed by atoms with Crippen molar-refractivity contribution in [3.63, 3.8) is 0 Å². The number of benzene rings is 1. The molecule has 0 aliphatic rings. The Morgan fingerprint density at radius 3 is 2.84 bits per heavy atom. The monoisotopic (exact) mass is 279 g/mol. The van der Waals surface area contributed by atoms with Crippen molar-refractivity contribution >= 4 is 23.1 Å². The fourth-order valence-electron chi connectivity index (χ4n) is 1.63. The van der Waals surface area contributed by atoms with Gasteiger partial charge in [-0.15, -0.1) is 11.8 Å². The Kier molecular flexibility index (Phi) is 4.08. The first-order valence-electron chi connectivity index (χ1n) is 5.52. The van der Waals surface area contributed by atoms with Crippen molar-refractivity contribution in [2.75, 3.05) is 5.43 Å². The molecular weight excluding hydrogens is 266 g/mol. The smallest absolute Gasteiger partial charge is 0.269 e. The molecule has 6 nitrogen and oxygen atoms in total. The van der Waals surface area contributed by atoms with Gasteiger partial charge in [0.25, 0.3) is 5.69 Å². The van der Waals surface area contributed by atoms with Gasteiger partial charge < -0.3 is 9.84 Å². The second kappa shape index (κ2) is 5.77. The number of hydrazine groups is 1. The first-order chi connectivity index (χ1) is 9.11. The largest absolute Gasteiger partial charge is 0.468 e. The van der Waals surface area contributed by atoms with Crippen LogP contribution in [0, 0.1) is 17.0 Å². The van der Waals surface area contributed by atoms with Crippen LogP contribution in [0.2, 0.25) is 0 Å². The van der Waals surface area contributed by atoms with E-state index in [9.17, 15) is 10.1 Å². The molecule has 100 valence electrons. The number of furan rings is 1. The third kappa shape index (κ3) is 3.07. The van der Waals surface area contributed by atoms with Gasteiger partial charge in [-0.25, -0.2) is 0 Å². The number of nitrogens with zero attached hydrogens (tertiary/aromatic N) is 1. The number of non-ortho nitro benzene ring substituents is 1. The second-order valence-corrected chi connectivity index (χ2v) is 4.89. The molecule has 0 spiro atoms. The van der Waals surface area contributed by atoms with Crippen molar-refractivity contribution < 1.29 is 9.34 Å². The zero-order chi connectivity index (χ0) is 13.8. The van der Waals surface area contributed by atoms with Crippen molar-refractivity contribution in [2.45, 2.75) is 17.6 Å². The number of hydrogen-bond donors (Lipinski definition) is 2. The quantitative estimate of drug-likeness (QED) is 0.378. The van der Waals surface area contributed by atoms with Crippen LogP contribution in [-0.4, -0.2) is 4.92 Å². The number of nitrogen functional groups attached to an aromatic ring is 1. The fourth-order valence-corrected chi connectivity index (χ4v) is 2.59. The summed E-state index contributed by atoms with van der Waals surface area (Å²) in [6, 6.07) is 6.42. The predicted octanol–water partition coefficient (Wildman–Crippen LogP) is 3.07. The lowest BCUT2D eigenvalue weighted by Gasteiger charge is -2.08. The van der Waals surface area contributed by atoms with Gasteiger partial charge >= 0.3 is 0 Å². The van der Waals surface area contributed by atoms with E-state index < -0.39 is 4.92 Å². The van der Waals surface area contributed by atoms with Gasteiger partial charge in [-0.1, -0.05) is 0 Å². The summed E-state index contributed by atoms with van der Waals surface area (Å²) in [5.41, 5.74) is 4.06. The van der Waals surface area contributed by atoms with Crippen molar-refractivity contribution in [1.29, 1.82) is 0 Å². The molecule has 19 heavy (non-hydrogen) atoms. The van der Waals surface area contributed by atoms with Gasteiger partial charge in [0.2, 0.25) is 0 Å². The molecule has 2 rings (SSSR count). The maximum absolute atomic E-state index is 10.8. The Balaban J connectivity index is 2.20. The van der Waals surface area contributed by atoms with Crippen molar-refractivity contribution in [1.82, 2.24) is 0 Å². The summed E-state index contributed by atoms with van der Waals surface area (Å²) in [4.78, 5) is 11.4. The summed E-state index contributed by atoms with van der Waals surface area (Å²) in [5.74, 6) is 6.81. The Hall–Kier alpha value is -1.99. The van der Waals surface area contributed by atoms with E-state index in [1.807, 2.05) is 13.0 Å². The number of nitro groups is 1. The Labute approximate surface area is 114 Å². The number of nitro benzene ring substituents is 1. The van der Waals surface area contributed by atoms with E-state index in [2.05, 4.69) is 5.43 Å². The molecule has 7 heteroatoms. The minimum atomic E-state index is -0.419. The molecule has 0 fully saturated rings. The highest BCUT2D eigenvalue weighted by Gasteiger charge is 2.11. The third-order valence-corrected chi connectivity index (χ3v) is 3.84. The normalized spacial score (nSPS) is 10.4. The second-order valence-electron chi connectivity index (χ2n) is 3.87. The summed E-state index contributed by atoms with van der Waals surface area (Å²) in [5, 5.41) is 10.8. The summed E-state index contributed by atoms with van der Waals surface area (Å²) in [6.45, 7) is 1.87. The Morgan fingerprint density at radius 1 is 1.47 bits per heavy atom. The Morgan fingerprint density at radius 2 is 2.26 bits per heavy atom. The molecule has 0 radical (unpaired) electrons. The molecule has 1 heterocycles. The molecule has 0 bridgehead atoms. The van der Waals surface area contributed by atoms with E-state index in [4.69, 9.17) is 10.3 Å². The molecular formula is C12H13N3O3S. The van der Waals surface area contributed by atoms with E-state index in [-0.39, 0.29) is 5.69 Å². The zero-order valence-electron chi connectivity index (χ0n) is 10.3. The van der Waals surface area contributed by atoms with Gasteiger partial charge in [0.05, 0.1) is 16.9 Å². The van der Waals surface area contributed by atoms with E-state index >= 15 is 0 Å². The third-order valence-electron chi connectivity index (χ3n) is 2.65. The maximum Gasteiger partial charge on any atom is 0.269 e. The summed E-state index contributed by atoms with van der Waals surface area (Å²) in [7, 11) is 0. The number of nitrogens with one attached hydrogen (secondary N) is 1. The standard InChI is InChI=1S/C12H13N3O3S/c1-8-12(4-5-18-8)19-7-9-6-10(15(16)17)2-3-11(9)14-13/h2-6,14H,7,13H2,1H3. The molecule has 0 atom stereocenters. The number of rotatable bonds is 5. The van der Waals surface area contributed by atoms with Crippen molar-refractivity contribution in [2.24, 2.45) is 5.84 Å². The number of nitrogens with two attached hydrogens (primary N) is 1. The van der Waals surface area contributed by atoms with Gasteiger partial charge in [-0.05, 0) is 24.6 Å². The average Bonchev–Trinajstić information content (AvgIpc) is 2.81. The van der Waals surface area contributed by atoms with Gasteiger partial charge in [0.15, 0.2) is 0 Å². The van der Waals surface area contributed by atoms with Crippen LogP contribution in [0.25, 0.3) is 0 Å². The highest BCUT2D eigenvalue weighted by molar-refractivity contribution is 7.98. The number of aryl methyl sites for hydroxylation is 1. The predicted molar refractivity (Wildman–Crippen MR) is 73.9 cm³/mol. The minimum absolute atomic E-state index is 0.0542. The number of thioether (sulfide) groups is 1. The summed E-state index contributed by atoms with van der Waals surface area (Å²) in [6.07, 6.45) is 1.62. The van der Waals surface area contributed by atoms with Gasteiger partial charge in [-0.2, -0.15) is 0 Å². The van der Waals surface area contributed by atoms with Gasteiger partial charge in [0, 0.05) is 22.8 Å². The lowest BCUT2D eigenvalue weighted by atomic mass is 10.2. The maximum atomic E-state index is 10.8. The summed E-state index contributed by atoms with van der Waals surface area (Å²) < 4.78 is 5.20.